The molecule has 21 heavy (non-hydrogen) atoms. The zero-order chi connectivity index (χ0) is 14.8. The molecule has 0 aliphatic rings. The molecule has 0 atom stereocenters. The zero-order valence-corrected chi connectivity index (χ0v) is 12.8. The molecule has 0 aliphatic carbocycles. The number of fused-ring (bicyclic) bond motifs is 1. The Balaban J connectivity index is 2.04. The van der Waals surface area contributed by atoms with E-state index in [1.807, 2.05) is 42.5 Å². The van der Waals surface area contributed by atoms with Crippen LogP contribution in [0.4, 0.5) is 0 Å². The summed E-state index contributed by atoms with van der Waals surface area (Å²) in [5, 5.41) is 1.07. The van der Waals surface area contributed by atoms with Crippen LogP contribution in [0.5, 0.6) is 11.6 Å². The van der Waals surface area contributed by atoms with Gasteiger partial charge in [0.1, 0.15) is 5.75 Å². The van der Waals surface area contributed by atoms with Gasteiger partial charge in [0.05, 0.1) is 5.52 Å². The van der Waals surface area contributed by atoms with Crippen LogP contribution in [-0.4, -0.2) is 4.98 Å². The lowest BCUT2D eigenvalue weighted by Crippen LogP contribution is -1.93. The van der Waals surface area contributed by atoms with E-state index in [0.717, 1.165) is 22.2 Å². The predicted molar refractivity (Wildman–Crippen MR) is 87.3 cm³/mol. The summed E-state index contributed by atoms with van der Waals surface area (Å²) in [5.41, 5.74) is 4.27. The molecule has 0 unspecified atom stereocenters. The van der Waals surface area contributed by atoms with Crippen LogP contribution in [0.15, 0.2) is 48.5 Å². The average molecular weight is 298 g/mol. The molecule has 0 saturated heterocycles. The summed E-state index contributed by atoms with van der Waals surface area (Å²) < 4.78 is 5.92. The molecule has 3 heteroatoms. The highest BCUT2D eigenvalue weighted by molar-refractivity contribution is 6.18. The van der Waals surface area contributed by atoms with Gasteiger partial charge in [-0.1, -0.05) is 24.3 Å². The van der Waals surface area contributed by atoms with Crippen LogP contribution in [0.25, 0.3) is 10.9 Å². The highest BCUT2D eigenvalue weighted by Crippen LogP contribution is 2.27. The van der Waals surface area contributed by atoms with Gasteiger partial charge in [0.25, 0.3) is 0 Å². The van der Waals surface area contributed by atoms with Gasteiger partial charge in [-0.2, -0.15) is 0 Å². The molecule has 0 aliphatic heterocycles. The lowest BCUT2D eigenvalue weighted by atomic mass is 10.1. The molecule has 3 rings (SSSR count). The summed E-state index contributed by atoms with van der Waals surface area (Å²) in [5.74, 6) is 1.82. The van der Waals surface area contributed by atoms with E-state index in [1.165, 1.54) is 11.1 Å². The average Bonchev–Trinajstić information content (AvgIpc) is 2.45. The SMILES string of the molecule is Cc1cc(C)cc(Oc2cc(CCl)c3ccccc3n2)c1. The topological polar surface area (TPSA) is 22.1 Å². The second kappa shape index (κ2) is 5.74. The smallest absolute Gasteiger partial charge is 0.220 e. The van der Waals surface area contributed by atoms with Crippen molar-refractivity contribution in [1.29, 1.82) is 0 Å². The Kier molecular flexibility index (Phi) is 3.80. The zero-order valence-electron chi connectivity index (χ0n) is 12.1. The first kappa shape index (κ1) is 13.9. The Morgan fingerprint density at radius 3 is 2.43 bits per heavy atom. The van der Waals surface area contributed by atoms with Crippen molar-refractivity contribution in [3.8, 4) is 11.6 Å². The van der Waals surface area contributed by atoms with Gasteiger partial charge >= 0.3 is 0 Å². The Labute approximate surface area is 129 Å². The van der Waals surface area contributed by atoms with Crippen molar-refractivity contribution in [2.75, 3.05) is 0 Å². The van der Waals surface area contributed by atoms with E-state index in [4.69, 9.17) is 16.3 Å². The maximum Gasteiger partial charge on any atom is 0.220 e. The number of hydrogen-bond donors (Lipinski definition) is 0. The van der Waals surface area contributed by atoms with Crippen LogP contribution in [0.3, 0.4) is 0 Å². The monoisotopic (exact) mass is 297 g/mol. The molecule has 0 bridgehead atoms. The summed E-state index contributed by atoms with van der Waals surface area (Å²) in [6.45, 7) is 4.11. The van der Waals surface area contributed by atoms with Crippen molar-refractivity contribution in [2.24, 2.45) is 0 Å². The van der Waals surface area contributed by atoms with E-state index in [-0.39, 0.29) is 0 Å². The molecule has 0 fully saturated rings. The maximum atomic E-state index is 6.05. The van der Waals surface area contributed by atoms with Crippen LogP contribution in [0.2, 0.25) is 0 Å². The number of rotatable bonds is 3. The second-order valence-electron chi connectivity index (χ2n) is 5.20. The predicted octanol–water partition coefficient (Wildman–Crippen LogP) is 5.38. The number of para-hydroxylation sites is 1. The fraction of sp³-hybridized carbons (Fsp3) is 0.167. The van der Waals surface area contributed by atoms with Gasteiger partial charge in [-0.15, -0.1) is 11.6 Å². The molecular formula is C18H16ClNO. The molecule has 0 saturated carbocycles. The van der Waals surface area contributed by atoms with E-state index in [0.29, 0.717) is 11.8 Å². The molecule has 0 N–H and O–H groups in total. The van der Waals surface area contributed by atoms with Gasteiger partial charge < -0.3 is 4.74 Å². The number of aromatic nitrogens is 1. The molecule has 3 aromatic rings. The minimum atomic E-state index is 0.437. The van der Waals surface area contributed by atoms with Gasteiger partial charge in [0.15, 0.2) is 0 Å². The molecule has 2 aromatic carbocycles. The number of alkyl halides is 1. The number of halogens is 1. The van der Waals surface area contributed by atoms with Crippen molar-refractivity contribution in [3.63, 3.8) is 0 Å². The third-order valence-corrected chi connectivity index (χ3v) is 3.63. The van der Waals surface area contributed by atoms with Crippen molar-refractivity contribution in [1.82, 2.24) is 4.98 Å². The third-order valence-electron chi connectivity index (χ3n) is 3.34. The molecular weight excluding hydrogens is 282 g/mol. The van der Waals surface area contributed by atoms with Crippen molar-refractivity contribution in [3.05, 3.63) is 65.2 Å². The van der Waals surface area contributed by atoms with Crippen LogP contribution in [0.1, 0.15) is 16.7 Å². The standard InChI is InChI=1S/C18H16ClNO/c1-12-7-13(2)9-15(8-12)21-18-10-14(11-19)16-5-3-4-6-17(16)20-18/h3-10H,11H2,1-2H3. The van der Waals surface area contributed by atoms with E-state index in [2.05, 4.69) is 24.9 Å². The molecule has 2 nitrogen and oxygen atoms in total. The van der Waals surface area contributed by atoms with Crippen molar-refractivity contribution < 1.29 is 4.74 Å². The largest absolute Gasteiger partial charge is 0.439 e. The summed E-state index contributed by atoms with van der Waals surface area (Å²) in [4.78, 5) is 4.56. The number of hydrogen-bond acceptors (Lipinski definition) is 2. The minimum Gasteiger partial charge on any atom is -0.439 e. The number of aryl methyl sites for hydroxylation is 2. The number of nitrogens with zero attached hydrogens (tertiary/aromatic N) is 1. The van der Waals surface area contributed by atoms with E-state index in [1.54, 1.807) is 0 Å². The van der Waals surface area contributed by atoms with Crippen LogP contribution in [-0.2, 0) is 5.88 Å². The number of benzene rings is 2. The first-order valence-corrected chi connectivity index (χ1v) is 7.40. The summed E-state index contributed by atoms with van der Waals surface area (Å²) in [6.07, 6.45) is 0. The molecule has 0 amide bonds. The molecule has 106 valence electrons. The van der Waals surface area contributed by atoms with Gasteiger partial charge in [0, 0.05) is 17.3 Å². The Morgan fingerprint density at radius 1 is 1.00 bits per heavy atom. The molecule has 1 heterocycles. The maximum absolute atomic E-state index is 6.05. The van der Waals surface area contributed by atoms with Gasteiger partial charge in [-0.3, -0.25) is 0 Å². The van der Waals surface area contributed by atoms with E-state index in [9.17, 15) is 0 Å². The Morgan fingerprint density at radius 2 is 1.71 bits per heavy atom. The van der Waals surface area contributed by atoms with Crippen molar-refractivity contribution in [2.45, 2.75) is 19.7 Å². The number of ether oxygens (including phenoxy) is 1. The van der Waals surface area contributed by atoms with Crippen LogP contribution >= 0.6 is 11.6 Å². The normalized spacial score (nSPS) is 10.8. The van der Waals surface area contributed by atoms with E-state index < -0.39 is 0 Å². The lowest BCUT2D eigenvalue weighted by Gasteiger charge is -2.10. The second-order valence-corrected chi connectivity index (χ2v) is 5.46. The molecule has 0 spiro atoms. The van der Waals surface area contributed by atoms with Gasteiger partial charge in [-0.25, -0.2) is 4.98 Å². The lowest BCUT2D eigenvalue weighted by molar-refractivity contribution is 0.464. The Hall–Kier alpha value is -2.06. The quantitative estimate of drug-likeness (QED) is 0.605. The first-order valence-electron chi connectivity index (χ1n) is 6.86. The van der Waals surface area contributed by atoms with Crippen molar-refractivity contribution >= 4 is 22.5 Å². The molecule has 1 aromatic heterocycles. The summed E-state index contributed by atoms with van der Waals surface area (Å²) in [7, 11) is 0. The van der Waals surface area contributed by atoms with Crippen LogP contribution in [0, 0.1) is 13.8 Å². The first-order chi connectivity index (χ1) is 10.2. The number of pyridine rings is 1. The summed E-state index contributed by atoms with van der Waals surface area (Å²) in [6, 6.07) is 16.0. The summed E-state index contributed by atoms with van der Waals surface area (Å²) >= 11 is 6.05. The third kappa shape index (κ3) is 3.01. The fourth-order valence-corrected chi connectivity index (χ4v) is 2.72. The highest BCUT2D eigenvalue weighted by Gasteiger charge is 2.07. The highest BCUT2D eigenvalue weighted by atomic mass is 35.5. The minimum absolute atomic E-state index is 0.437. The van der Waals surface area contributed by atoms with Gasteiger partial charge in [0.2, 0.25) is 5.88 Å². The Bertz CT molecular complexity index is 778. The van der Waals surface area contributed by atoms with Crippen LogP contribution < -0.4 is 4.74 Å². The van der Waals surface area contributed by atoms with E-state index >= 15 is 0 Å². The van der Waals surface area contributed by atoms with Gasteiger partial charge in [-0.05, 0) is 48.7 Å². The molecule has 0 radical (unpaired) electrons. The fourth-order valence-electron chi connectivity index (χ4n) is 2.50.